The van der Waals surface area contributed by atoms with Crippen molar-refractivity contribution in [2.24, 2.45) is 18.5 Å². The minimum atomic E-state index is -0.355. The van der Waals surface area contributed by atoms with Gasteiger partial charge in [-0.2, -0.15) is 0 Å². The van der Waals surface area contributed by atoms with Crippen LogP contribution in [0.3, 0.4) is 0 Å². The molecule has 0 bridgehead atoms. The molecule has 2 aromatic rings. The second kappa shape index (κ2) is 4.96. The van der Waals surface area contributed by atoms with E-state index in [0.29, 0.717) is 5.58 Å². The molecule has 0 aliphatic heterocycles. The fourth-order valence-electron chi connectivity index (χ4n) is 1.98. The van der Waals surface area contributed by atoms with Crippen molar-refractivity contribution in [3.05, 3.63) is 34.3 Å². The molecule has 4 N–H and O–H groups in total. The molecule has 0 spiro atoms. The van der Waals surface area contributed by atoms with E-state index >= 15 is 0 Å². The van der Waals surface area contributed by atoms with Crippen molar-refractivity contribution in [2.45, 2.75) is 31.8 Å². The van der Waals surface area contributed by atoms with E-state index in [0.717, 1.165) is 23.9 Å². The van der Waals surface area contributed by atoms with Crippen LogP contribution in [0.4, 0.5) is 0 Å². The van der Waals surface area contributed by atoms with E-state index in [1.807, 2.05) is 19.1 Å². The van der Waals surface area contributed by atoms with E-state index in [1.165, 1.54) is 4.57 Å². The standard InChI is InChI=1S/C13H19N3O2/c1-8(14)3-5-10(15)9-4-6-12-11(7-9)16(2)13(17)18-12/h4,6-8,10H,3,5,14-15H2,1-2H3. The number of benzene rings is 1. The first kappa shape index (κ1) is 12.9. The van der Waals surface area contributed by atoms with Crippen LogP contribution in [0.2, 0.25) is 0 Å². The Bertz CT molecular complexity index is 598. The van der Waals surface area contributed by atoms with Crippen LogP contribution in [-0.4, -0.2) is 10.6 Å². The molecule has 0 amide bonds. The highest BCUT2D eigenvalue weighted by Gasteiger charge is 2.11. The number of nitrogens with two attached hydrogens (primary N) is 2. The van der Waals surface area contributed by atoms with Gasteiger partial charge in [-0.05, 0) is 37.5 Å². The predicted molar refractivity (Wildman–Crippen MR) is 71.3 cm³/mol. The average Bonchev–Trinajstić information content (AvgIpc) is 2.62. The lowest BCUT2D eigenvalue weighted by Crippen LogP contribution is -2.19. The van der Waals surface area contributed by atoms with E-state index < -0.39 is 0 Å². The number of rotatable bonds is 4. The molecule has 0 fully saturated rings. The van der Waals surface area contributed by atoms with Gasteiger partial charge in [-0.25, -0.2) is 4.79 Å². The van der Waals surface area contributed by atoms with Gasteiger partial charge in [0.1, 0.15) is 0 Å². The van der Waals surface area contributed by atoms with Crippen LogP contribution in [0.5, 0.6) is 0 Å². The van der Waals surface area contributed by atoms with Crippen molar-refractivity contribution >= 4 is 11.1 Å². The van der Waals surface area contributed by atoms with Gasteiger partial charge in [-0.15, -0.1) is 0 Å². The lowest BCUT2D eigenvalue weighted by Gasteiger charge is -2.13. The molecule has 0 aliphatic rings. The molecule has 1 aromatic carbocycles. The zero-order valence-corrected chi connectivity index (χ0v) is 10.7. The van der Waals surface area contributed by atoms with Crippen LogP contribution in [-0.2, 0) is 7.05 Å². The fourth-order valence-corrected chi connectivity index (χ4v) is 1.98. The molecule has 0 radical (unpaired) electrons. The quantitative estimate of drug-likeness (QED) is 0.854. The minimum Gasteiger partial charge on any atom is -0.408 e. The van der Waals surface area contributed by atoms with Crippen molar-refractivity contribution in [1.29, 1.82) is 0 Å². The number of hydrogen-bond acceptors (Lipinski definition) is 4. The molecule has 98 valence electrons. The minimum absolute atomic E-state index is 0.0644. The molecule has 18 heavy (non-hydrogen) atoms. The molecule has 2 atom stereocenters. The third kappa shape index (κ3) is 2.47. The van der Waals surface area contributed by atoms with Crippen LogP contribution in [0.25, 0.3) is 11.1 Å². The van der Waals surface area contributed by atoms with Crippen LogP contribution in [0.15, 0.2) is 27.4 Å². The third-order valence-electron chi connectivity index (χ3n) is 3.18. The van der Waals surface area contributed by atoms with Crippen molar-refractivity contribution in [3.63, 3.8) is 0 Å². The fraction of sp³-hybridized carbons (Fsp3) is 0.462. The van der Waals surface area contributed by atoms with Crippen molar-refractivity contribution < 1.29 is 4.42 Å². The summed E-state index contributed by atoms with van der Waals surface area (Å²) in [5.41, 5.74) is 14.2. The smallest absolute Gasteiger partial charge is 0.408 e. The molecular weight excluding hydrogens is 230 g/mol. The van der Waals surface area contributed by atoms with Crippen LogP contribution < -0.4 is 17.2 Å². The summed E-state index contributed by atoms with van der Waals surface area (Å²) in [5.74, 6) is -0.355. The molecule has 2 unspecified atom stereocenters. The first-order valence-corrected chi connectivity index (χ1v) is 6.09. The normalized spacial score (nSPS) is 14.9. The Morgan fingerprint density at radius 3 is 2.72 bits per heavy atom. The second-order valence-corrected chi connectivity index (χ2v) is 4.82. The van der Waals surface area contributed by atoms with Gasteiger partial charge < -0.3 is 15.9 Å². The summed E-state index contributed by atoms with van der Waals surface area (Å²) in [7, 11) is 1.69. The van der Waals surface area contributed by atoms with E-state index in [4.69, 9.17) is 15.9 Å². The Labute approximate surface area is 105 Å². The number of aryl methyl sites for hydroxylation is 1. The summed E-state index contributed by atoms with van der Waals surface area (Å²) in [4.78, 5) is 11.4. The molecule has 5 nitrogen and oxygen atoms in total. The summed E-state index contributed by atoms with van der Waals surface area (Å²) < 4.78 is 6.56. The molecule has 1 heterocycles. The van der Waals surface area contributed by atoms with Gasteiger partial charge in [0.2, 0.25) is 0 Å². The summed E-state index contributed by atoms with van der Waals surface area (Å²) in [6, 6.07) is 5.68. The summed E-state index contributed by atoms with van der Waals surface area (Å²) in [6.45, 7) is 1.97. The topological polar surface area (TPSA) is 87.2 Å². The van der Waals surface area contributed by atoms with Crippen molar-refractivity contribution in [2.75, 3.05) is 0 Å². The highest BCUT2D eigenvalue weighted by molar-refractivity contribution is 5.73. The maximum Gasteiger partial charge on any atom is 0.419 e. The summed E-state index contributed by atoms with van der Waals surface area (Å²) in [5, 5.41) is 0. The number of nitrogens with zero attached hydrogens (tertiary/aromatic N) is 1. The average molecular weight is 249 g/mol. The van der Waals surface area contributed by atoms with Gasteiger partial charge >= 0.3 is 5.76 Å². The van der Waals surface area contributed by atoms with Gasteiger partial charge in [-0.1, -0.05) is 6.07 Å². The van der Waals surface area contributed by atoms with E-state index in [1.54, 1.807) is 13.1 Å². The van der Waals surface area contributed by atoms with E-state index in [9.17, 15) is 4.79 Å². The van der Waals surface area contributed by atoms with Crippen LogP contribution in [0, 0.1) is 0 Å². The highest BCUT2D eigenvalue weighted by atomic mass is 16.4. The number of oxazole rings is 1. The second-order valence-electron chi connectivity index (χ2n) is 4.82. The van der Waals surface area contributed by atoms with Gasteiger partial charge in [0, 0.05) is 19.1 Å². The monoisotopic (exact) mass is 249 g/mol. The maximum absolute atomic E-state index is 11.4. The van der Waals surface area contributed by atoms with Crippen molar-refractivity contribution in [1.82, 2.24) is 4.57 Å². The lowest BCUT2D eigenvalue weighted by atomic mass is 10.0. The lowest BCUT2D eigenvalue weighted by molar-refractivity contribution is 0.528. The molecule has 5 heteroatoms. The summed E-state index contributed by atoms with van der Waals surface area (Å²) in [6.07, 6.45) is 1.71. The Morgan fingerprint density at radius 1 is 1.33 bits per heavy atom. The molecule has 2 rings (SSSR count). The van der Waals surface area contributed by atoms with Gasteiger partial charge in [0.25, 0.3) is 0 Å². The Hall–Kier alpha value is -1.59. The molecule has 1 aromatic heterocycles. The Balaban J connectivity index is 2.29. The first-order chi connectivity index (χ1) is 8.49. The first-order valence-electron chi connectivity index (χ1n) is 6.09. The van der Waals surface area contributed by atoms with Crippen LogP contribution in [0.1, 0.15) is 31.4 Å². The molecule has 0 saturated carbocycles. The largest absolute Gasteiger partial charge is 0.419 e. The van der Waals surface area contributed by atoms with Crippen LogP contribution >= 0.6 is 0 Å². The van der Waals surface area contributed by atoms with Gasteiger partial charge in [0.05, 0.1) is 5.52 Å². The van der Waals surface area contributed by atoms with Gasteiger partial charge in [-0.3, -0.25) is 4.57 Å². The zero-order chi connectivity index (χ0) is 13.3. The Morgan fingerprint density at radius 2 is 2.06 bits per heavy atom. The third-order valence-corrected chi connectivity index (χ3v) is 3.18. The SMILES string of the molecule is CC(N)CCC(N)c1ccc2oc(=O)n(C)c2c1. The molecule has 0 aliphatic carbocycles. The van der Waals surface area contributed by atoms with E-state index in [2.05, 4.69) is 0 Å². The predicted octanol–water partition coefficient (Wildman–Crippen LogP) is 1.26. The Kier molecular flexibility index (Phi) is 3.54. The summed E-state index contributed by atoms with van der Waals surface area (Å²) >= 11 is 0. The van der Waals surface area contributed by atoms with Crippen molar-refractivity contribution in [3.8, 4) is 0 Å². The number of hydrogen-bond donors (Lipinski definition) is 2. The highest BCUT2D eigenvalue weighted by Crippen LogP contribution is 2.21. The maximum atomic E-state index is 11.4. The zero-order valence-electron chi connectivity index (χ0n) is 10.7. The number of fused-ring (bicyclic) bond motifs is 1. The number of aromatic nitrogens is 1. The molecular formula is C13H19N3O2. The molecule has 0 saturated heterocycles. The van der Waals surface area contributed by atoms with E-state index in [-0.39, 0.29) is 17.8 Å². The van der Waals surface area contributed by atoms with Gasteiger partial charge in [0.15, 0.2) is 5.58 Å².